The van der Waals surface area contributed by atoms with Crippen LogP contribution in [0.25, 0.3) is 0 Å². The predicted octanol–water partition coefficient (Wildman–Crippen LogP) is 1.48. The average molecular weight is 185 g/mol. The molecule has 5 heteroatoms. The van der Waals surface area contributed by atoms with Gasteiger partial charge in [0.15, 0.2) is 5.67 Å². The van der Waals surface area contributed by atoms with E-state index in [1.54, 1.807) is 19.0 Å². The number of alkyl halides is 1. The van der Waals surface area contributed by atoms with Crippen LogP contribution in [0.15, 0.2) is 4.52 Å². The van der Waals surface area contributed by atoms with Gasteiger partial charge in [0, 0.05) is 14.1 Å². The minimum Gasteiger partial charge on any atom is -0.344 e. The molecule has 0 unspecified atom stereocenters. The molecule has 0 N–H and O–H groups in total. The summed E-state index contributed by atoms with van der Waals surface area (Å²) in [5, 5.41) is 3.66. The minimum absolute atomic E-state index is 0.127. The maximum atomic E-state index is 13.7. The molecule has 1 aliphatic rings. The number of rotatable bonds is 2. The zero-order valence-electron chi connectivity index (χ0n) is 7.75. The number of halogens is 1. The van der Waals surface area contributed by atoms with Crippen LogP contribution in [0.3, 0.4) is 0 Å². The smallest absolute Gasteiger partial charge is 0.265 e. The van der Waals surface area contributed by atoms with Gasteiger partial charge in [0.1, 0.15) is 0 Å². The van der Waals surface area contributed by atoms with E-state index in [1.807, 2.05) is 0 Å². The summed E-state index contributed by atoms with van der Waals surface area (Å²) in [5.41, 5.74) is -1.35. The number of aromatic nitrogens is 2. The van der Waals surface area contributed by atoms with Crippen LogP contribution in [0.2, 0.25) is 0 Å². The Labute approximate surface area is 75.7 Å². The summed E-state index contributed by atoms with van der Waals surface area (Å²) in [7, 11) is 3.58. The molecule has 1 aromatic rings. The standard InChI is InChI=1S/C8H12FN3O/c1-12(2)7-10-6(13-11-7)8(9)4-3-5-8/h3-5H2,1-2H3. The van der Waals surface area contributed by atoms with E-state index in [2.05, 4.69) is 10.1 Å². The summed E-state index contributed by atoms with van der Waals surface area (Å²) < 4.78 is 18.6. The molecule has 1 aromatic heterocycles. The van der Waals surface area contributed by atoms with Crippen LogP contribution in [0.1, 0.15) is 25.2 Å². The van der Waals surface area contributed by atoms with Crippen molar-refractivity contribution in [3.63, 3.8) is 0 Å². The van der Waals surface area contributed by atoms with Gasteiger partial charge in [-0.1, -0.05) is 0 Å². The van der Waals surface area contributed by atoms with E-state index >= 15 is 0 Å². The van der Waals surface area contributed by atoms with Crippen LogP contribution in [-0.2, 0) is 5.67 Å². The maximum Gasteiger partial charge on any atom is 0.265 e. The van der Waals surface area contributed by atoms with Crippen molar-refractivity contribution in [3.05, 3.63) is 5.89 Å². The summed E-state index contributed by atoms with van der Waals surface area (Å²) in [6.45, 7) is 0. The SMILES string of the molecule is CN(C)c1noc(C2(F)CCC2)n1. The van der Waals surface area contributed by atoms with Gasteiger partial charge in [-0.05, 0) is 24.4 Å². The van der Waals surface area contributed by atoms with E-state index in [4.69, 9.17) is 4.52 Å². The summed E-state index contributed by atoms with van der Waals surface area (Å²) in [4.78, 5) is 5.67. The first-order chi connectivity index (χ1) is 6.12. The molecule has 2 rings (SSSR count). The van der Waals surface area contributed by atoms with Crippen LogP contribution < -0.4 is 4.90 Å². The Morgan fingerprint density at radius 1 is 1.46 bits per heavy atom. The Bertz CT molecular complexity index is 306. The van der Waals surface area contributed by atoms with E-state index in [9.17, 15) is 4.39 Å². The van der Waals surface area contributed by atoms with Gasteiger partial charge in [-0.3, -0.25) is 0 Å². The van der Waals surface area contributed by atoms with Crippen molar-refractivity contribution in [2.45, 2.75) is 24.9 Å². The summed E-state index contributed by atoms with van der Waals surface area (Å²) in [6.07, 6.45) is 1.90. The summed E-state index contributed by atoms with van der Waals surface area (Å²) >= 11 is 0. The maximum absolute atomic E-state index is 13.7. The first kappa shape index (κ1) is 8.47. The monoisotopic (exact) mass is 185 g/mol. The van der Waals surface area contributed by atoms with Crippen LogP contribution in [-0.4, -0.2) is 24.2 Å². The van der Waals surface area contributed by atoms with E-state index in [0.717, 1.165) is 6.42 Å². The molecule has 13 heavy (non-hydrogen) atoms. The highest BCUT2D eigenvalue weighted by Gasteiger charge is 2.44. The molecule has 0 atom stereocenters. The van der Waals surface area contributed by atoms with Crippen molar-refractivity contribution >= 4 is 5.95 Å². The van der Waals surface area contributed by atoms with E-state index in [0.29, 0.717) is 18.8 Å². The topological polar surface area (TPSA) is 42.2 Å². The van der Waals surface area contributed by atoms with Gasteiger partial charge >= 0.3 is 0 Å². The zero-order chi connectivity index (χ0) is 9.47. The van der Waals surface area contributed by atoms with Crippen molar-refractivity contribution < 1.29 is 8.91 Å². The molecule has 72 valence electrons. The Hall–Kier alpha value is -1.13. The lowest BCUT2D eigenvalue weighted by molar-refractivity contribution is 0.0242. The summed E-state index contributed by atoms with van der Waals surface area (Å²) in [5.74, 6) is 0.557. The van der Waals surface area contributed by atoms with Gasteiger partial charge in [0.25, 0.3) is 11.8 Å². The molecule has 1 fully saturated rings. The minimum atomic E-state index is -1.35. The first-order valence-electron chi connectivity index (χ1n) is 4.32. The molecule has 0 saturated heterocycles. The highest BCUT2D eigenvalue weighted by atomic mass is 19.1. The second-order valence-corrected chi connectivity index (χ2v) is 3.61. The summed E-state index contributed by atoms with van der Waals surface area (Å²) in [6, 6.07) is 0. The lowest BCUT2D eigenvalue weighted by Gasteiger charge is -2.29. The van der Waals surface area contributed by atoms with E-state index in [-0.39, 0.29) is 5.89 Å². The van der Waals surface area contributed by atoms with Crippen molar-refractivity contribution in [3.8, 4) is 0 Å². The van der Waals surface area contributed by atoms with Gasteiger partial charge in [0.05, 0.1) is 0 Å². The number of hydrogen-bond acceptors (Lipinski definition) is 4. The van der Waals surface area contributed by atoms with Crippen LogP contribution in [0, 0.1) is 0 Å². The Kier molecular flexibility index (Phi) is 1.75. The third-order valence-electron chi connectivity index (χ3n) is 2.34. The molecule has 1 heterocycles. The average Bonchev–Trinajstić information content (AvgIpc) is 2.48. The second kappa shape index (κ2) is 2.68. The molecule has 1 saturated carbocycles. The fraction of sp³-hybridized carbons (Fsp3) is 0.750. The molecule has 1 aliphatic carbocycles. The lowest BCUT2D eigenvalue weighted by Crippen LogP contribution is -2.29. The second-order valence-electron chi connectivity index (χ2n) is 3.61. The molecular formula is C8H12FN3O. The molecule has 0 aliphatic heterocycles. The number of nitrogens with zero attached hydrogens (tertiary/aromatic N) is 3. The predicted molar refractivity (Wildman–Crippen MR) is 45.3 cm³/mol. The third-order valence-corrected chi connectivity index (χ3v) is 2.34. The molecule has 0 bridgehead atoms. The lowest BCUT2D eigenvalue weighted by atomic mass is 9.82. The van der Waals surface area contributed by atoms with Gasteiger partial charge in [-0.25, -0.2) is 4.39 Å². The Morgan fingerprint density at radius 3 is 2.54 bits per heavy atom. The Balaban J connectivity index is 2.22. The molecule has 0 amide bonds. The van der Waals surface area contributed by atoms with E-state index < -0.39 is 5.67 Å². The highest BCUT2D eigenvalue weighted by Crippen LogP contribution is 2.44. The first-order valence-corrected chi connectivity index (χ1v) is 4.32. The third kappa shape index (κ3) is 1.28. The van der Waals surface area contributed by atoms with Crippen molar-refractivity contribution in [1.29, 1.82) is 0 Å². The van der Waals surface area contributed by atoms with Gasteiger partial charge in [-0.2, -0.15) is 4.98 Å². The normalized spacial score (nSPS) is 19.6. The molecule has 0 spiro atoms. The fourth-order valence-corrected chi connectivity index (χ4v) is 1.28. The number of anilines is 1. The molecule has 0 radical (unpaired) electrons. The van der Waals surface area contributed by atoms with E-state index in [1.165, 1.54) is 0 Å². The molecule has 0 aromatic carbocycles. The van der Waals surface area contributed by atoms with Gasteiger partial charge in [-0.15, -0.1) is 0 Å². The van der Waals surface area contributed by atoms with Crippen molar-refractivity contribution in [2.75, 3.05) is 19.0 Å². The molecular weight excluding hydrogens is 173 g/mol. The molecule has 4 nitrogen and oxygen atoms in total. The zero-order valence-corrected chi connectivity index (χ0v) is 7.75. The fourth-order valence-electron chi connectivity index (χ4n) is 1.28. The van der Waals surface area contributed by atoms with Crippen LogP contribution in [0.5, 0.6) is 0 Å². The highest BCUT2D eigenvalue weighted by molar-refractivity contribution is 5.25. The number of hydrogen-bond donors (Lipinski definition) is 0. The van der Waals surface area contributed by atoms with Crippen molar-refractivity contribution in [1.82, 2.24) is 10.1 Å². The Morgan fingerprint density at radius 2 is 2.15 bits per heavy atom. The quantitative estimate of drug-likeness (QED) is 0.700. The van der Waals surface area contributed by atoms with Crippen LogP contribution >= 0.6 is 0 Å². The largest absolute Gasteiger partial charge is 0.344 e. The van der Waals surface area contributed by atoms with Gasteiger partial charge < -0.3 is 9.42 Å². The van der Waals surface area contributed by atoms with Crippen LogP contribution in [0.4, 0.5) is 10.3 Å². The van der Waals surface area contributed by atoms with Gasteiger partial charge in [0.2, 0.25) is 0 Å². The van der Waals surface area contributed by atoms with Crippen molar-refractivity contribution in [2.24, 2.45) is 0 Å².